The molecule has 1 atom stereocenters. The van der Waals surface area contributed by atoms with Crippen molar-refractivity contribution >= 4 is 8.80 Å². The molecule has 0 aromatic heterocycles. The zero-order valence-electron chi connectivity index (χ0n) is 11.1. The third-order valence-electron chi connectivity index (χ3n) is 1.93. The van der Waals surface area contributed by atoms with Gasteiger partial charge >= 0.3 is 8.80 Å². The number of hydrogen-bond donors (Lipinski definition) is 1. The zero-order chi connectivity index (χ0) is 13.0. The molecule has 0 saturated carbocycles. The molecule has 0 spiro atoms. The molecule has 0 aliphatic carbocycles. The first-order chi connectivity index (χ1) is 7.66. The van der Waals surface area contributed by atoms with E-state index in [9.17, 15) is 0 Å². The molecule has 4 nitrogen and oxygen atoms in total. The maximum absolute atomic E-state index is 6.00. The topological polar surface area (TPSA) is 53.7 Å². The molecule has 0 fully saturated rings. The van der Waals surface area contributed by atoms with Crippen LogP contribution in [0.2, 0.25) is 0 Å². The average molecular weight is 249 g/mol. The van der Waals surface area contributed by atoms with Crippen molar-refractivity contribution in [2.24, 2.45) is 5.73 Å². The Balaban J connectivity index is 0. The Kier molecular flexibility index (Phi) is 12.8. The summed E-state index contributed by atoms with van der Waals surface area (Å²) < 4.78 is 16.9. The van der Waals surface area contributed by atoms with Gasteiger partial charge in [-0.3, -0.25) is 0 Å². The first-order valence-corrected chi connectivity index (χ1v) is 7.64. The van der Waals surface area contributed by atoms with Crippen LogP contribution in [-0.2, 0) is 13.3 Å². The van der Waals surface area contributed by atoms with Crippen LogP contribution in [-0.4, -0.2) is 34.3 Å². The largest absolute Gasteiger partial charge is 0.518 e. The summed E-state index contributed by atoms with van der Waals surface area (Å²) in [7, 11) is -2.62. The summed E-state index contributed by atoms with van der Waals surface area (Å²) >= 11 is 0. The van der Waals surface area contributed by atoms with E-state index in [0.717, 1.165) is 6.42 Å². The lowest BCUT2D eigenvalue weighted by molar-refractivity contribution is 0.0618. The third-order valence-corrected chi connectivity index (χ3v) is 5.32. The van der Waals surface area contributed by atoms with Gasteiger partial charge in [-0.1, -0.05) is 6.92 Å². The van der Waals surface area contributed by atoms with Crippen molar-refractivity contribution in [2.75, 3.05) is 19.8 Å². The van der Waals surface area contributed by atoms with E-state index in [0.29, 0.717) is 19.8 Å². The molecule has 16 heavy (non-hydrogen) atoms. The van der Waals surface area contributed by atoms with Crippen LogP contribution >= 0.6 is 0 Å². The molecule has 5 heteroatoms. The third kappa shape index (κ3) is 5.76. The van der Waals surface area contributed by atoms with Crippen LogP contribution < -0.4 is 5.73 Å². The van der Waals surface area contributed by atoms with E-state index in [4.69, 9.17) is 19.0 Å². The highest BCUT2D eigenvalue weighted by molar-refractivity contribution is 6.62. The summed E-state index contributed by atoms with van der Waals surface area (Å²) in [6, 6.07) is 0. The molecule has 0 aromatic carbocycles. The Morgan fingerprint density at radius 2 is 1.25 bits per heavy atom. The Bertz CT molecular complexity index is 141. The number of nitrogens with two attached hydrogens (primary N) is 1. The fourth-order valence-electron chi connectivity index (χ4n) is 1.30. The Morgan fingerprint density at radius 1 is 0.938 bits per heavy atom. The molecule has 0 aliphatic rings. The van der Waals surface area contributed by atoms with Crippen LogP contribution in [0.25, 0.3) is 0 Å². The van der Waals surface area contributed by atoms with Gasteiger partial charge in [-0.2, -0.15) is 0 Å². The van der Waals surface area contributed by atoms with E-state index in [1.165, 1.54) is 0 Å². The van der Waals surface area contributed by atoms with Gasteiger partial charge in [0.15, 0.2) is 0 Å². The predicted octanol–water partition coefficient (Wildman–Crippen LogP) is 2.11. The summed E-state index contributed by atoms with van der Waals surface area (Å²) in [6.07, 6.45) is 0.812. The maximum atomic E-state index is 6.00. The molecular weight excluding hydrogens is 222 g/mol. The van der Waals surface area contributed by atoms with Crippen molar-refractivity contribution in [3.63, 3.8) is 0 Å². The fraction of sp³-hybridized carbons (Fsp3) is 0.818. The van der Waals surface area contributed by atoms with Crippen molar-refractivity contribution < 1.29 is 13.3 Å². The Morgan fingerprint density at radius 3 is 1.44 bits per heavy atom. The fourth-order valence-corrected chi connectivity index (χ4v) is 3.90. The molecule has 0 aromatic rings. The van der Waals surface area contributed by atoms with Gasteiger partial charge < -0.3 is 19.0 Å². The second-order valence-electron chi connectivity index (χ2n) is 2.92. The highest BCUT2D eigenvalue weighted by Gasteiger charge is 2.46. The molecule has 0 heterocycles. The van der Waals surface area contributed by atoms with Gasteiger partial charge in [0.05, 0.1) is 5.67 Å². The summed E-state index contributed by atoms with van der Waals surface area (Å²) in [5.41, 5.74) is 5.87. The molecule has 1 unspecified atom stereocenters. The lowest BCUT2D eigenvalue weighted by Crippen LogP contribution is -2.60. The minimum absolute atomic E-state index is 0.123. The highest BCUT2D eigenvalue weighted by Crippen LogP contribution is 2.15. The average Bonchev–Trinajstić information content (AvgIpc) is 2.31. The van der Waals surface area contributed by atoms with E-state index >= 15 is 0 Å². The number of hydrogen-bond acceptors (Lipinski definition) is 4. The molecule has 98 valence electrons. The van der Waals surface area contributed by atoms with Gasteiger partial charge in [0.2, 0.25) is 0 Å². The van der Waals surface area contributed by atoms with Gasteiger partial charge in [0, 0.05) is 19.8 Å². The molecule has 0 amide bonds. The van der Waals surface area contributed by atoms with Gasteiger partial charge in [0.25, 0.3) is 0 Å². The predicted molar refractivity (Wildman–Crippen MR) is 70.2 cm³/mol. The summed E-state index contributed by atoms with van der Waals surface area (Å²) in [5.74, 6) is 0. The summed E-state index contributed by atoms with van der Waals surface area (Å²) in [4.78, 5) is 0. The minimum atomic E-state index is -2.62. The van der Waals surface area contributed by atoms with Crippen LogP contribution in [0.4, 0.5) is 0 Å². The molecule has 0 saturated heterocycles. The van der Waals surface area contributed by atoms with E-state index in [1.807, 2.05) is 27.7 Å². The van der Waals surface area contributed by atoms with E-state index in [2.05, 4.69) is 13.2 Å². The Labute approximate surface area is 101 Å². The molecule has 0 bridgehead atoms. The standard InChI is InChI=1S/C9H23NO3Si.C2H4/c1-5-9(10)14(11-6-2,12-7-3)13-8-4;1-2/h9H,5-8,10H2,1-4H3;1-2H2. The Hall–Kier alpha value is -0.203. The van der Waals surface area contributed by atoms with Crippen LogP contribution in [0.1, 0.15) is 34.1 Å². The molecule has 0 radical (unpaired) electrons. The first kappa shape index (κ1) is 18.2. The van der Waals surface area contributed by atoms with Gasteiger partial charge in [0.1, 0.15) is 0 Å². The SMILES string of the molecule is C=C.CCO[Si](OCC)(OCC)C(N)CC. The van der Waals surface area contributed by atoms with Gasteiger partial charge in [-0.05, 0) is 27.2 Å². The van der Waals surface area contributed by atoms with Crippen molar-refractivity contribution in [3.8, 4) is 0 Å². The molecule has 0 rings (SSSR count). The lowest BCUT2D eigenvalue weighted by atomic mass is 10.5. The normalized spacial score (nSPS) is 12.8. The van der Waals surface area contributed by atoms with Gasteiger partial charge in [-0.15, -0.1) is 13.2 Å². The summed E-state index contributed by atoms with van der Waals surface area (Å²) in [6.45, 7) is 15.6. The second-order valence-corrected chi connectivity index (χ2v) is 5.73. The first-order valence-electron chi connectivity index (χ1n) is 5.84. The van der Waals surface area contributed by atoms with E-state index < -0.39 is 8.80 Å². The monoisotopic (exact) mass is 249 g/mol. The van der Waals surface area contributed by atoms with Crippen LogP contribution in [0.5, 0.6) is 0 Å². The van der Waals surface area contributed by atoms with E-state index in [1.54, 1.807) is 0 Å². The van der Waals surface area contributed by atoms with Gasteiger partial charge in [-0.25, -0.2) is 0 Å². The van der Waals surface area contributed by atoms with Crippen molar-refractivity contribution in [1.29, 1.82) is 0 Å². The minimum Gasteiger partial charge on any atom is -0.373 e. The maximum Gasteiger partial charge on any atom is 0.518 e. The smallest absolute Gasteiger partial charge is 0.373 e. The van der Waals surface area contributed by atoms with Crippen LogP contribution in [0.3, 0.4) is 0 Å². The van der Waals surface area contributed by atoms with Crippen molar-refractivity contribution in [3.05, 3.63) is 13.2 Å². The van der Waals surface area contributed by atoms with Crippen LogP contribution in [0, 0.1) is 0 Å². The van der Waals surface area contributed by atoms with E-state index in [-0.39, 0.29) is 5.67 Å². The highest BCUT2D eigenvalue weighted by atomic mass is 28.4. The lowest BCUT2D eigenvalue weighted by Gasteiger charge is -2.32. The van der Waals surface area contributed by atoms with Crippen LogP contribution in [0.15, 0.2) is 13.2 Å². The summed E-state index contributed by atoms with van der Waals surface area (Å²) in [5, 5.41) is 0. The van der Waals surface area contributed by atoms with Crippen molar-refractivity contribution in [1.82, 2.24) is 0 Å². The molecule has 2 N–H and O–H groups in total. The second kappa shape index (κ2) is 11.3. The quantitative estimate of drug-likeness (QED) is 0.529. The zero-order valence-corrected chi connectivity index (χ0v) is 12.1. The molecular formula is C11H27NO3Si. The molecule has 0 aliphatic heterocycles. The van der Waals surface area contributed by atoms with Crippen molar-refractivity contribution in [2.45, 2.75) is 39.8 Å². The number of rotatable bonds is 8.